The summed E-state index contributed by atoms with van der Waals surface area (Å²) in [5, 5.41) is 9.52. The SMILES string of the molecule is O=C(O)c1cccc(-c2cccc(Cl)c2)c1. The summed E-state index contributed by atoms with van der Waals surface area (Å²) in [5.74, 6) is -0.927. The molecule has 0 aliphatic carbocycles. The number of hydrogen-bond acceptors (Lipinski definition) is 1. The maximum absolute atomic E-state index is 10.8. The molecule has 0 saturated heterocycles. The topological polar surface area (TPSA) is 37.3 Å². The van der Waals surface area contributed by atoms with E-state index in [1.807, 2.05) is 24.3 Å². The minimum absolute atomic E-state index is 0.275. The van der Waals surface area contributed by atoms with Gasteiger partial charge >= 0.3 is 5.97 Å². The molecule has 2 aromatic rings. The highest BCUT2D eigenvalue weighted by molar-refractivity contribution is 6.30. The number of carboxylic acids is 1. The smallest absolute Gasteiger partial charge is 0.335 e. The molecule has 0 radical (unpaired) electrons. The third-order valence-corrected chi connectivity index (χ3v) is 2.50. The molecule has 0 unspecified atom stereocenters. The summed E-state index contributed by atoms with van der Waals surface area (Å²) in [7, 11) is 0. The maximum Gasteiger partial charge on any atom is 0.335 e. The molecule has 0 amide bonds. The van der Waals surface area contributed by atoms with Crippen molar-refractivity contribution in [1.29, 1.82) is 0 Å². The van der Waals surface area contributed by atoms with Crippen LogP contribution in [0.5, 0.6) is 0 Å². The van der Waals surface area contributed by atoms with Gasteiger partial charge in [-0.2, -0.15) is 0 Å². The predicted octanol–water partition coefficient (Wildman–Crippen LogP) is 3.71. The summed E-state index contributed by atoms with van der Waals surface area (Å²) in [6.45, 7) is 0. The summed E-state index contributed by atoms with van der Waals surface area (Å²) >= 11 is 5.88. The van der Waals surface area contributed by atoms with Crippen LogP contribution in [-0.4, -0.2) is 11.1 Å². The van der Waals surface area contributed by atoms with E-state index in [1.54, 1.807) is 24.3 Å². The Morgan fingerprint density at radius 3 is 2.25 bits per heavy atom. The summed E-state index contributed by atoms with van der Waals surface area (Å²) in [5.41, 5.74) is 2.04. The van der Waals surface area contributed by atoms with Crippen molar-refractivity contribution in [2.24, 2.45) is 0 Å². The number of aromatic carboxylic acids is 1. The molecule has 0 spiro atoms. The number of halogens is 1. The standard InChI is InChI=1S/C13H9ClO2/c14-12-6-2-4-10(8-12)9-3-1-5-11(7-9)13(15)16/h1-8H,(H,15,16). The first-order chi connectivity index (χ1) is 7.66. The molecular weight excluding hydrogens is 224 g/mol. The Kier molecular flexibility index (Phi) is 2.93. The minimum atomic E-state index is -0.927. The third kappa shape index (κ3) is 2.23. The Bertz CT molecular complexity index is 535. The fraction of sp³-hybridized carbons (Fsp3) is 0. The van der Waals surface area contributed by atoms with Crippen LogP contribution in [0.2, 0.25) is 5.02 Å². The Labute approximate surface area is 98.1 Å². The second-order valence-electron chi connectivity index (χ2n) is 3.40. The molecule has 2 aromatic carbocycles. The molecular formula is C13H9ClO2. The van der Waals surface area contributed by atoms with Crippen molar-refractivity contribution in [3.63, 3.8) is 0 Å². The van der Waals surface area contributed by atoms with Crippen LogP contribution in [0, 0.1) is 0 Å². The lowest BCUT2D eigenvalue weighted by atomic mass is 10.0. The highest BCUT2D eigenvalue weighted by Crippen LogP contribution is 2.23. The summed E-state index contributed by atoms with van der Waals surface area (Å²) < 4.78 is 0. The van der Waals surface area contributed by atoms with Gasteiger partial charge in [-0.05, 0) is 35.4 Å². The van der Waals surface area contributed by atoms with Crippen LogP contribution in [0.3, 0.4) is 0 Å². The lowest BCUT2D eigenvalue weighted by Gasteiger charge is -2.03. The number of hydrogen-bond donors (Lipinski definition) is 1. The Hall–Kier alpha value is -1.80. The largest absolute Gasteiger partial charge is 0.478 e. The van der Waals surface area contributed by atoms with E-state index in [1.165, 1.54) is 0 Å². The van der Waals surface area contributed by atoms with Crippen LogP contribution >= 0.6 is 11.6 Å². The van der Waals surface area contributed by atoms with Gasteiger partial charge < -0.3 is 5.11 Å². The van der Waals surface area contributed by atoms with Gasteiger partial charge in [0.15, 0.2) is 0 Å². The van der Waals surface area contributed by atoms with E-state index < -0.39 is 5.97 Å². The lowest BCUT2D eigenvalue weighted by molar-refractivity contribution is 0.0697. The van der Waals surface area contributed by atoms with Gasteiger partial charge in [-0.15, -0.1) is 0 Å². The van der Waals surface area contributed by atoms with Gasteiger partial charge in [-0.1, -0.05) is 35.9 Å². The van der Waals surface area contributed by atoms with E-state index in [0.29, 0.717) is 5.02 Å². The quantitative estimate of drug-likeness (QED) is 0.857. The maximum atomic E-state index is 10.8. The zero-order valence-electron chi connectivity index (χ0n) is 8.35. The van der Waals surface area contributed by atoms with Crippen molar-refractivity contribution in [2.75, 3.05) is 0 Å². The molecule has 16 heavy (non-hydrogen) atoms. The number of benzene rings is 2. The molecule has 0 saturated carbocycles. The fourth-order valence-corrected chi connectivity index (χ4v) is 1.69. The van der Waals surface area contributed by atoms with Gasteiger partial charge in [0.2, 0.25) is 0 Å². The molecule has 2 nitrogen and oxygen atoms in total. The first kappa shape index (κ1) is 10.7. The third-order valence-electron chi connectivity index (χ3n) is 2.27. The minimum Gasteiger partial charge on any atom is -0.478 e. The highest BCUT2D eigenvalue weighted by atomic mass is 35.5. The zero-order chi connectivity index (χ0) is 11.5. The van der Waals surface area contributed by atoms with Gasteiger partial charge in [-0.25, -0.2) is 4.79 Å². The Morgan fingerprint density at radius 2 is 1.62 bits per heavy atom. The second-order valence-corrected chi connectivity index (χ2v) is 3.83. The van der Waals surface area contributed by atoms with Crippen LogP contribution in [0.4, 0.5) is 0 Å². The average Bonchev–Trinajstić information content (AvgIpc) is 2.29. The predicted molar refractivity (Wildman–Crippen MR) is 63.8 cm³/mol. The molecule has 0 aliphatic rings. The van der Waals surface area contributed by atoms with E-state index in [-0.39, 0.29) is 5.56 Å². The van der Waals surface area contributed by atoms with Crippen LogP contribution in [0.15, 0.2) is 48.5 Å². The lowest BCUT2D eigenvalue weighted by Crippen LogP contribution is -1.95. The molecule has 0 aliphatic heterocycles. The van der Waals surface area contributed by atoms with Crippen LogP contribution in [-0.2, 0) is 0 Å². The number of carboxylic acid groups (broad SMARTS) is 1. The fourth-order valence-electron chi connectivity index (χ4n) is 1.50. The zero-order valence-corrected chi connectivity index (χ0v) is 9.11. The van der Waals surface area contributed by atoms with E-state index in [9.17, 15) is 4.79 Å². The van der Waals surface area contributed by atoms with Gasteiger partial charge in [0.05, 0.1) is 5.56 Å². The molecule has 0 bridgehead atoms. The molecule has 0 heterocycles. The molecule has 0 aromatic heterocycles. The van der Waals surface area contributed by atoms with Crippen molar-refractivity contribution in [3.05, 3.63) is 59.1 Å². The molecule has 2 rings (SSSR count). The van der Waals surface area contributed by atoms with Gasteiger partial charge in [0, 0.05) is 5.02 Å². The van der Waals surface area contributed by atoms with Crippen molar-refractivity contribution in [3.8, 4) is 11.1 Å². The number of rotatable bonds is 2. The first-order valence-corrected chi connectivity index (χ1v) is 5.14. The van der Waals surface area contributed by atoms with Crippen LogP contribution in [0.25, 0.3) is 11.1 Å². The molecule has 0 atom stereocenters. The Morgan fingerprint density at radius 1 is 1.00 bits per heavy atom. The molecule has 80 valence electrons. The number of carbonyl (C=O) groups is 1. The van der Waals surface area contributed by atoms with E-state index >= 15 is 0 Å². The first-order valence-electron chi connectivity index (χ1n) is 4.76. The van der Waals surface area contributed by atoms with Crippen LogP contribution in [0.1, 0.15) is 10.4 Å². The monoisotopic (exact) mass is 232 g/mol. The van der Waals surface area contributed by atoms with Crippen molar-refractivity contribution in [1.82, 2.24) is 0 Å². The normalized spacial score (nSPS) is 10.1. The summed E-state index contributed by atoms with van der Waals surface area (Å²) in [6.07, 6.45) is 0. The molecule has 1 N–H and O–H groups in total. The summed E-state index contributed by atoms with van der Waals surface area (Å²) in [6, 6.07) is 14.1. The summed E-state index contributed by atoms with van der Waals surface area (Å²) in [4.78, 5) is 10.8. The van der Waals surface area contributed by atoms with E-state index in [0.717, 1.165) is 11.1 Å². The molecule has 0 fully saturated rings. The van der Waals surface area contributed by atoms with E-state index in [4.69, 9.17) is 16.7 Å². The van der Waals surface area contributed by atoms with Crippen LogP contribution < -0.4 is 0 Å². The molecule has 3 heteroatoms. The Balaban J connectivity index is 2.48. The highest BCUT2D eigenvalue weighted by Gasteiger charge is 2.04. The van der Waals surface area contributed by atoms with Crippen molar-refractivity contribution < 1.29 is 9.90 Å². The average molecular weight is 233 g/mol. The van der Waals surface area contributed by atoms with E-state index in [2.05, 4.69) is 0 Å². The van der Waals surface area contributed by atoms with Crippen molar-refractivity contribution in [2.45, 2.75) is 0 Å². The van der Waals surface area contributed by atoms with Gasteiger partial charge in [0.25, 0.3) is 0 Å². The van der Waals surface area contributed by atoms with Gasteiger partial charge in [0.1, 0.15) is 0 Å². The van der Waals surface area contributed by atoms with Crippen molar-refractivity contribution >= 4 is 17.6 Å². The second kappa shape index (κ2) is 4.37. The van der Waals surface area contributed by atoms with Gasteiger partial charge in [-0.3, -0.25) is 0 Å².